The summed E-state index contributed by atoms with van der Waals surface area (Å²) in [5.41, 5.74) is 0.370. The summed E-state index contributed by atoms with van der Waals surface area (Å²) in [6.45, 7) is 0.822. The normalized spacial score (nSPS) is 23.5. The Labute approximate surface area is 121 Å². The van der Waals surface area contributed by atoms with Gasteiger partial charge in [-0.15, -0.1) is 0 Å². The number of aliphatic hydroxyl groups excluding tert-OH is 1. The minimum Gasteiger partial charge on any atom is -0.395 e. The van der Waals surface area contributed by atoms with Gasteiger partial charge in [-0.05, 0) is 26.0 Å². The molecule has 21 heavy (non-hydrogen) atoms. The average Bonchev–Trinajstić information content (AvgIpc) is 2.76. The fraction of sp³-hybridized carbons (Fsp3) is 0.692. The molecule has 0 unspecified atom stereocenters. The molecule has 0 aromatic carbocycles. The maximum absolute atomic E-state index is 12.2. The number of halogens is 3. The molecule has 0 bridgehead atoms. The van der Waals surface area contributed by atoms with E-state index in [0.717, 1.165) is 13.0 Å². The van der Waals surface area contributed by atoms with Crippen molar-refractivity contribution in [3.8, 4) is 0 Å². The summed E-state index contributed by atoms with van der Waals surface area (Å²) in [7, 11) is 1.92. The van der Waals surface area contributed by atoms with Gasteiger partial charge in [0.05, 0.1) is 6.61 Å². The number of aryl methyl sites for hydroxylation is 1. The number of rotatable bonds is 5. The first-order valence-corrected chi connectivity index (χ1v) is 6.83. The Morgan fingerprint density at radius 2 is 2.24 bits per heavy atom. The quantitative estimate of drug-likeness (QED) is 0.862. The van der Waals surface area contributed by atoms with Gasteiger partial charge in [0.25, 0.3) is 0 Å². The van der Waals surface area contributed by atoms with Gasteiger partial charge in [-0.2, -0.15) is 13.2 Å². The molecule has 2 rings (SSSR count). The van der Waals surface area contributed by atoms with E-state index in [-0.39, 0.29) is 25.1 Å². The van der Waals surface area contributed by atoms with Crippen molar-refractivity contribution in [2.75, 3.05) is 25.5 Å². The van der Waals surface area contributed by atoms with Crippen LogP contribution in [-0.4, -0.2) is 58.4 Å². The van der Waals surface area contributed by atoms with Crippen LogP contribution in [0.15, 0.2) is 12.3 Å². The predicted molar refractivity (Wildman–Crippen MR) is 71.9 cm³/mol. The number of nitrogens with zero attached hydrogens (tertiary/aromatic N) is 3. The number of nitrogens with one attached hydrogen (secondary N) is 1. The van der Waals surface area contributed by atoms with Crippen molar-refractivity contribution in [1.82, 2.24) is 14.9 Å². The average molecular weight is 304 g/mol. The van der Waals surface area contributed by atoms with Crippen LogP contribution in [0.3, 0.4) is 0 Å². The highest BCUT2D eigenvalue weighted by atomic mass is 19.4. The van der Waals surface area contributed by atoms with E-state index >= 15 is 0 Å². The molecule has 1 fully saturated rings. The van der Waals surface area contributed by atoms with Crippen LogP contribution in [0.1, 0.15) is 18.5 Å². The first-order valence-electron chi connectivity index (χ1n) is 6.83. The molecule has 0 amide bonds. The van der Waals surface area contributed by atoms with Crippen LogP contribution in [0.4, 0.5) is 19.1 Å². The lowest BCUT2D eigenvalue weighted by atomic mass is 10.2. The summed E-state index contributed by atoms with van der Waals surface area (Å²) in [5, 5.41) is 12.3. The fourth-order valence-corrected chi connectivity index (χ4v) is 2.46. The maximum Gasteiger partial charge on any atom is 0.389 e. The molecule has 0 aliphatic carbocycles. The van der Waals surface area contributed by atoms with Gasteiger partial charge >= 0.3 is 6.18 Å². The standard InChI is InChI=1S/C13H19F3N4O/c1-20-7-10(6-11(20)8-21)19-12-17-5-3-9(18-12)2-4-13(14,15)16/h3,5,10-11,21H,2,4,6-8H2,1H3,(H,17,18,19)/t10-,11+/m1/s1. The molecular formula is C13H19F3N4O. The maximum atomic E-state index is 12.2. The predicted octanol–water partition coefficient (Wildman–Crippen LogP) is 1.45. The number of likely N-dealkylation sites (N-methyl/N-ethyl adjacent to an activating group) is 1. The number of hydrogen-bond acceptors (Lipinski definition) is 5. The Kier molecular flexibility index (Phi) is 5.00. The van der Waals surface area contributed by atoms with E-state index in [4.69, 9.17) is 0 Å². The van der Waals surface area contributed by atoms with Crippen LogP contribution in [0.2, 0.25) is 0 Å². The number of aromatic nitrogens is 2. The van der Waals surface area contributed by atoms with E-state index in [1.165, 1.54) is 12.3 Å². The van der Waals surface area contributed by atoms with Gasteiger partial charge in [-0.25, -0.2) is 9.97 Å². The lowest BCUT2D eigenvalue weighted by Gasteiger charge is -2.15. The second-order valence-electron chi connectivity index (χ2n) is 5.34. The van der Waals surface area contributed by atoms with Crippen LogP contribution in [0.25, 0.3) is 0 Å². The number of likely N-dealkylation sites (tertiary alicyclic amines) is 1. The zero-order chi connectivity index (χ0) is 15.5. The van der Waals surface area contributed by atoms with Crippen molar-refractivity contribution < 1.29 is 18.3 Å². The monoisotopic (exact) mass is 304 g/mol. The van der Waals surface area contributed by atoms with Crippen LogP contribution < -0.4 is 5.32 Å². The van der Waals surface area contributed by atoms with E-state index in [9.17, 15) is 18.3 Å². The van der Waals surface area contributed by atoms with Crippen LogP contribution in [0.5, 0.6) is 0 Å². The lowest BCUT2D eigenvalue weighted by Crippen LogP contribution is -2.28. The van der Waals surface area contributed by atoms with E-state index in [0.29, 0.717) is 11.6 Å². The van der Waals surface area contributed by atoms with Gasteiger partial charge in [0.2, 0.25) is 5.95 Å². The highest BCUT2D eigenvalue weighted by Crippen LogP contribution is 2.22. The van der Waals surface area contributed by atoms with Crippen LogP contribution in [0, 0.1) is 0 Å². The first-order chi connectivity index (χ1) is 9.87. The van der Waals surface area contributed by atoms with Gasteiger partial charge in [-0.3, -0.25) is 4.90 Å². The van der Waals surface area contributed by atoms with Crippen molar-refractivity contribution in [2.24, 2.45) is 0 Å². The van der Waals surface area contributed by atoms with Gasteiger partial charge in [-0.1, -0.05) is 0 Å². The van der Waals surface area contributed by atoms with Crippen molar-refractivity contribution in [2.45, 2.75) is 37.5 Å². The SMILES string of the molecule is CN1C[C@H](Nc2nccc(CCC(F)(F)F)n2)C[C@H]1CO. The second kappa shape index (κ2) is 6.57. The third-order valence-corrected chi connectivity index (χ3v) is 3.61. The third kappa shape index (κ3) is 4.82. The van der Waals surface area contributed by atoms with Gasteiger partial charge in [0.1, 0.15) is 0 Å². The number of aliphatic hydroxyl groups is 1. The largest absolute Gasteiger partial charge is 0.395 e. The molecule has 2 atom stereocenters. The topological polar surface area (TPSA) is 61.3 Å². The van der Waals surface area contributed by atoms with Crippen LogP contribution >= 0.6 is 0 Å². The summed E-state index contributed by atoms with van der Waals surface area (Å²) in [5.74, 6) is 0.340. The zero-order valence-electron chi connectivity index (χ0n) is 11.8. The minimum absolute atomic E-state index is 0.0845. The van der Waals surface area contributed by atoms with E-state index in [1.807, 2.05) is 11.9 Å². The first kappa shape index (κ1) is 16.0. The molecule has 118 valence electrons. The Bertz CT molecular complexity index is 469. The molecule has 5 nitrogen and oxygen atoms in total. The molecule has 1 aliphatic heterocycles. The van der Waals surface area contributed by atoms with E-state index in [1.54, 1.807) is 0 Å². The molecule has 1 aliphatic rings. The minimum atomic E-state index is -4.18. The van der Waals surface area contributed by atoms with Gasteiger partial charge in [0.15, 0.2) is 0 Å². The summed E-state index contributed by atoms with van der Waals surface area (Å²) in [4.78, 5) is 10.2. The van der Waals surface area contributed by atoms with Crippen molar-refractivity contribution in [3.63, 3.8) is 0 Å². The Morgan fingerprint density at radius 1 is 1.48 bits per heavy atom. The molecule has 2 N–H and O–H groups in total. The molecule has 1 aromatic heterocycles. The summed E-state index contributed by atoms with van der Waals surface area (Å²) in [6, 6.07) is 1.68. The smallest absolute Gasteiger partial charge is 0.389 e. The summed E-state index contributed by atoms with van der Waals surface area (Å²) >= 11 is 0. The molecule has 0 saturated carbocycles. The lowest BCUT2D eigenvalue weighted by molar-refractivity contribution is -0.134. The van der Waals surface area contributed by atoms with Crippen molar-refractivity contribution >= 4 is 5.95 Å². The molecule has 0 radical (unpaired) electrons. The third-order valence-electron chi connectivity index (χ3n) is 3.61. The second-order valence-corrected chi connectivity index (χ2v) is 5.34. The molecule has 2 heterocycles. The van der Waals surface area contributed by atoms with E-state index < -0.39 is 12.6 Å². The van der Waals surface area contributed by atoms with Crippen molar-refractivity contribution in [1.29, 1.82) is 0 Å². The molecular weight excluding hydrogens is 285 g/mol. The molecule has 1 saturated heterocycles. The van der Waals surface area contributed by atoms with Crippen LogP contribution in [-0.2, 0) is 6.42 Å². The summed E-state index contributed by atoms with van der Waals surface area (Å²) < 4.78 is 36.6. The van der Waals surface area contributed by atoms with E-state index in [2.05, 4.69) is 15.3 Å². The molecule has 0 spiro atoms. The zero-order valence-corrected chi connectivity index (χ0v) is 11.8. The number of hydrogen-bond donors (Lipinski definition) is 2. The Hall–Kier alpha value is -1.41. The highest BCUT2D eigenvalue weighted by Gasteiger charge is 2.29. The number of anilines is 1. The Balaban J connectivity index is 1.92. The van der Waals surface area contributed by atoms with Gasteiger partial charge in [0, 0.05) is 36.9 Å². The molecule has 1 aromatic rings. The summed E-state index contributed by atoms with van der Waals surface area (Å²) in [6.07, 6.45) is -3.00. The number of alkyl halides is 3. The fourth-order valence-electron chi connectivity index (χ4n) is 2.46. The Morgan fingerprint density at radius 3 is 2.86 bits per heavy atom. The van der Waals surface area contributed by atoms with Gasteiger partial charge < -0.3 is 10.4 Å². The molecule has 8 heteroatoms. The van der Waals surface area contributed by atoms with Crippen molar-refractivity contribution in [3.05, 3.63) is 18.0 Å². The highest BCUT2D eigenvalue weighted by molar-refractivity contribution is 5.28.